The number of aromatic nitrogens is 4. The zero-order valence-corrected chi connectivity index (χ0v) is 18.8. The van der Waals surface area contributed by atoms with Crippen molar-refractivity contribution in [3.8, 4) is 0 Å². The molecule has 5 rings (SSSR count). The van der Waals surface area contributed by atoms with Gasteiger partial charge >= 0.3 is 0 Å². The van der Waals surface area contributed by atoms with Crippen LogP contribution in [0.3, 0.4) is 0 Å². The van der Waals surface area contributed by atoms with Crippen LogP contribution in [-0.2, 0) is 4.74 Å². The minimum atomic E-state index is -0.257. The van der Waals surface area contributed by atoms with Crippen LogP contribution in [0.15, 0.2) is 61.3 Å². The SMILES string of the molecule is O=C(Nc1ccc(C(=O)c2c[nH]c3ncnc(N[C@H]4CC[C@H](CO)OC4)c23)cc1)c1ccncc1. The molecule has 10 nitrogen and oxygen atoms in total. The average molecular weight is 473 g/mol. The molecule has 0 saturated carbocycles. The van der Waals surface area contributed by atoms with E-state index >= 15 is 0 Å². The third-order valence-electron chi connectivity index (χ3n) is 5.98. The number of benzene rings is 1. The zero-order chi connectivity index (χ0) is 24.2. The third kappa shape index (κ3) is 4.88. The van der Waals surface area contributed by atoms with E-state index in [0.717, 1.165) is 12.8 Å². The van der Waals surface area contributed by atoms with Crippen LogP contribution in [0.25, 0.3) is 11.0 Å². The first-order valence-electron chi connectivity index (χ1n) is 11.3. The van der Waals surface area contributed by atoms with Crippen LogP contribution in [0.1, 0.15) is 39.1 Å². The van der Waals surface area contributed by atoms with Crippen molar-refractivity contribution in [2.45, 2.75) is 25.0 Å². The van der Waals surface area contributed by atoms with E-state index in [1.54, 1.807) is 55.0 Å². The maximum atomic E-state index is 13.4. The second-order valence-corrected chi connectivity index (χ2v) is 8.30. The normalized spacial score (nSPS) is 17.7. The van der Waals surface area contributed by atoms with E-state index in [1.807, 2.05) is 0 Å². The van der Waals surface area contributed by atoms with Crippen molar-refractivity contribution in [1.82, 2.24) is 19.9 Å². The minimum Gasteiger partial charge on any atom is -0.394 e. The third-order valence-corrected chi connectivity index (χ3v) is 5.98. The van der Waals surface area contributed by atoms with Gasteiger partial charge in [-0.2, -0.15) is 0 Å². The highest BCUT2D eigenvalue weighted by Gasteiger charge is 2.24. The molecule has 35 heavy (non-hydrogen) atoms. The van der Waals surface area contributed by atoms with Crippen molar-refractivity contribution >= 4 is 34.2 Å². The van der Waals surface area contributed by atoms with Crippen molar-refractivity contribution in [1.29, 1.82) is 0 Å². The molecule has 3 aromatic heterocycles. The molecule has 1 saturated heterocycles. The molecule has 1 aromatic carbocycles. The molecular weight excluding hydrogens is 448 g/mol. The molecule has 4 aromatic rings. The topological polar surface area (TPSA) is 142 Å². The van der Waals surface area contributed by atoms with Gasteiger partial charge in [-0.05, 0) is 49.2 Å². The Kier molecular flexibility index (Phi) is 6.47. The van der Waals surface area contributed by atoms with E-state index in [4.69, 9.17) is 4.74 Å². The zero-order valence-electron chi connectivity index (χ0n) is 18.8. The molecular formula is C25H24N6O4. The van der Waals surface area contributed by atoms with Crippen molar-refractivity contribution < 1.29 is 19.4 Å². The molecule has 1 aliphatic rings. The number of carbonyl (C=O) groups excluding carboxylic acids is 2. The van der Waals surface area contributed by atoms with Crippen molar-refractivity contribution in [2.75, 3.05) is 23.8 Å². The number of aromatic amines is 1. The first kappa shape index (κ1) is 22.6. The maximum absolute atomic E-state index is 13.4. The van der Waals surface area contributed by atoms with E-state index in [1.165, 1.54) is 6.33 Å². The van der Waals surface area contributed by atoms with Gasteiger partial charge in [0.15, 0.2) is 5.78 Å². The van der Waals surface area contributed by atoms with Crippen LogP contribution >= 0.6 is 0 Å². The summed E-state index contributed by atoms with van der Waals surface area (Å²) in [5.74, 6) is 0.103. The lowest BCUT2D eigenvalue weighted by atomic mass is 10.0. The van der Waals surface area contributed by atoms with E-state index < -0.39 is 0 Å². The highest BCUT2D eigenvalue weighted by Crippen LogP contribution is 2.28. The van der Waals surface area contributed by atoms with Gasteiger partial charge in [-0.1, -0.05) is 0 Å². The molecule has 0 aliphatic carbocycles. The average Bonchev–Trinajstić information content (AvgIpc) is 3.35. The summed E-state index contributed by atoms with van der Waals surface area (Å²) in [7, 11) is 0. The molecule has 0 bridgehead atoms. The predicted molar refractivity (Wildman–Crippen MR) is 129 cm³/mol. The fourth-order valence-corrected chi connectivity index (χ4v) is 4.08. The number of pyridine rings is 1. The van der Waals surface area contributed by atoms with Crippen molar-refractivity contribution in [3.05, 3.63) is 78.0 Å². The van der Waals surface area contributed by atoms with Gasteiger partial charge in [0, 0.05) is 35.4 Å². The Morgan fingerprint density at radius 3 is 2.57 bits per heavy atom. The molecule has 1 fully saturated rings. The molecule has 4 heterocycles. The smallest absolute Gasteiger partial charge is 0.255 e. The number of hydrogen-bond donors (Lipinski definition) is 4. The van der Waals surface area contributed by atoms with Crippen molar-refractivity contribution in [2.24, 2.45) is 0 Å². The highest BCUT2D eigenvalue weighted by atomic mass is 16.5. The maximum Gasteiger partial charge on any atom is 0.255 e. The Balaban J connectivity index is 1.34. The number of hydrogen-bond acceptors (Lipinski definition) is 8. The standard InChI is InChI=1S/C25H24N6O4/c32-12-19-6-5-18(13-35-19)30-24-21-20(11-27-23(21)28-14-29-24)22(33)15-1-3-17(4-2-15)31-25(34)16-7-9-26-10-8-16/h1-4,7-11,14,18-19,32H,5-6,12-13H2,(H,31,34)(H2,27,28,29,30)/t18-,19+/m0/s1. The van der Waals surface area contributed by atoms with Gasteiger partial charge in [0.2, 0.25) is 0 Å². The Bertz CT molecular complexity index is 1330. The van der Waals surface area contributed by atoms with E-state index in [9.17, 15) is 14.7 Å². The number of anilines is 2. The van der Waals surface area contributed by atoms with E-state index in [-0.39, 0.29) is 30.4 Å². The number of aliphatic hydroxyl groups excluding tert-OH is 1. The second-order valence-electron chi connectivity index (χ2n) is 8.30. The Labute approximate surface area is 200 Å². The quantitative estimate of drug-likeness (QED) is 0.301. The number of rotatable bonds is 7. The van der Waals surface area contributed by atoms with Crippen LogP contribution < -0.4 is 10.6 Å². The van der Waals surface area contributed by atoms with Crippen LogP contribution in [0.4, 0.5) is 11.5 Å². The van der Waals surface area contributed by atoms with Gasteiger partial charge in [-0.3, -0.25) is 14.6 Å². The fourth-order valence-electron chi connectivity index (χ4n) is 4.08. The first-order valence-corrected chi connectivity index (χ1v) is 11.3. The Morgan fingerprint density at radius 1 is 1.06 bits per heavy atom. The summed E-state index contributed by atoms with van der Waals surface area (Å²) in [6.45, 7) is 0.449. The number of fused-ring (bicyclic) bond motifs is 1. The van der Waals surface area contributed by atoms with Gasteiger partial charge < -0.3 is 25.5 Å². The molecule has 10 heteroatoms. The number of ether oxygens (including phenoxy) is 1. The molecule has 0 unspecified atom stereocenters. The number of amides is 1. The van der Waals surface area contributed by atoms with Crippen LogP contribution in [0, 0.1) is 0 Å². The molecule has 178 valence electrons. The summed E-state index contributed by atoms with van der Waals surface area (Å²) in [6, 6.07) is 9.98. The molecule has 0 spiro atoms. The molecule has 4 N–H and O–H groups in total. The van der Waals surface area contributed by atoms with Gasteiger partial charge in [-0.15, -0.1) is 0 Å². The van der Waals surface area contributed by atoms with Gasteiger partial charge in [-0.25, -0.2) is 9.97 Å². The van der Waals surface area contributed by atoms with E-state index in [2.05, 4.69) is 30.6 Å². The van der Waals surface area contributed by atoms with E-state index in [0.29, 0.717) is 45.8 Å². The lowest BCUT2D eigenvalue weighted by molar-refractivity contribution is -0.0224. The molecule has 0 radical (unpaired) electrons. The van der Waals surface area contributed by atoms with Gasteiger partial charge in [0.25, 0.3) is 5.91 Å². The van der Waals surface area contributed by atoms with Gasteiger partial charge in [0.05, 0.1) is 36.3 Å². The second kappa shape index (κ2) is 10.00. The van der Waals surface area contributed by atoms with Crippen LogP contribution in [0.2, 0.25) is 0 Å². The number of aliphatic hydroxyl groups is 1. The fraction of sp³-hybridized carbons (Fsp3) is 0.240. The summed E-state index contributed by atoms with van der Waals surface area (Å²) < 4.78 is 5.66. The monoisotopic (exact) mass is 472 g/mol. The summed E-state index contributed by atoms with van der Waals surface area (Å²) in [4.78, 5) is 41.3. The van der Waals surface area contributed by atoms with Gasteiger partial charge in [0.1, 0.15) is 17.8 Å². The number of ketones is 1. The Hall–Kier alpha value is -4.15. The van der Waals surface area contributed by atoms with Crippen molar-refractivity contribution in [3.63, 3.8) is 0 Å². The predicted octanol–water partition coefficient (Wildman–Crippen LogP) is 2.79. The first-order chi connectivity index (χ1) is 17.1. The summed E-state index contributed by atoms with van der Waals surface area (Å²) in [5, 5.41) is 16.1. The molecule has 1 aliphatic heterocycles. The number of H-pyrrole nitrogens is 1. The lowest BCUT2D eigenvalue weighted by Crippen LogP contribution is -2.36. The summed E-state index contributed by atoms with van der Waals surface area (Å²) >= 11 is 0. The largest absolute Gasteiger partial charge is 0.394 e. The highest BCUT2D eigenvalue weighted by molar-refractivity contribution is 6.18. The van der Waals surface area contributed by atoms with Crippen LogP contribution in [-0.4, -0.2) is 62.1 Å². The number of carbonyl (C=O) groups is 2. The number of nitrogens with zero attached hydrogens (tertiary/aromatic N) is 3. The van der Waals surface area contributed by atoms with Crippen LogP contribution in [0.5, 0.6) is 0 Å². The summed E-state index contributed by atoms with van der Waals surface area (Å²) in [6.07, 6.45) is 7.60. The molecule has 1 amide bonds. The lowest BCUT2D eigenvalue weighted by Gasteiger charge is -2.29. The number of nitrogens with one attached hydrogen (secondary N) is 3. The Morgan fingerprint density at radius 2 is 1.86 bits per heavy atom. The molecule has 2 atom stereocenters. The summed E-state index contributed by atoms with van der Waals surface area (Å²) in [5.41, 5.74) is 2.54. The minimum absolute atomic E-state index is 0.00708.